The third-order valence-electron chi connectivity index (χ3n) is 5.38. The van der Waals surface area contributed by atoms with Crippen LogP contribution in [0.15, 0.2) is 54.6 Å². The van der Waals surface area contributed by atoms with E-state index in [-0.39, 0.29) is 17.7 Å². The van der Waals surface area contributed by atoms with Crippen LogP contribution in [0.2, 0.25) is 5.02 Å². The Labute approximate surface area is 166 Å². The SMILES string of the molecule is CON(C)C(=O)[C@@H]1CCN(Cc2ccccc2)CC1Cc1ccc(Cl)cc1. The van der Waals surface area contributed by atoms with Crippen molar-refractivity contribution in [2.45, 2.75) is 19.4 Å². The van der Waals surface area contributed by atoms with Crippen LogP contribution in [0.3, 0.4) is 0 Å². The van der Waals surface area contributed by atoms with Gasteiger partial charge in [0.25, 0.3) is 0 Å². The fraction of sp³-hybridized carbons (Fsp3) is 0.409. The molecule has 2 aromatic rings. The summed E-state index contributed by atoms with van der Waals surface area (Å²) in [5.74, 6) is 0.280. The van der Waals surface area contributed by atoms with Crippen molar-refractivity contribution in [3.05, 3.63) is 70.7 Å². The second kappa shape index (κ2) is 9.36. The summed E-state index contributed by atoms with van der Waals surface area (Å²) >= 11 is 6.02. The highest BCUT2D eigenvalue weighted by molar-refractivity contribution is 6.30. The van der Waals surface area contributed by atoms with Crippen molar-refractivity contribution in [3.63, 3.8) is 0 Å². The highest BCUT2D eigenvalue weighted by atomic mass is 35.5. The number of nitrogens with zero attached hydrogens (tertiary/aromatic N) is 2. The fourth-order valence-corrected chi connectivity index (χ4v) is 4.00. The second-order valence-electron chi connectivity index (χ2n) is 7.22. The monoisotopic (exact) mass is 386 g/mol. The number of benzene rings is 2. The van der Waals surface area contributed by atoms with Crippen molar-refractivity contribution in [2.24, 2.45) is 11.8 Å². The van der Waals surface area contributed by atoms with Gasteiger partial charge in [-0.15, -0.1) is 0 Å². The Morgan fingerprint density at radius 1 is 1.15 bits per heavy atom. The first-order chi connectivity index (χ1) is 13.1. The maximum absolute atomic E-state index is 12.8. The van der Waals surface area contributed by atoms with E-state index in [1.807, 2.05) is 18.2 Å². The molecule has 1 saturated heterocycles. The third kappa shape index (κ3) is 5.32. The first-order valence-electron chi connectivity index (χ1n) is 9.39. The van der Waals surface area contributed by atoms with Crippen LogP contribution in [-0.4, -0.2) is 43.1 Å². The molecule has 2 atom stereocenters. The van der Waals surface area contributed by atoms with E-state index in [4.69, 9.17) is 16.4 Å². The van der Waals surface area contributed by atoms with Crippen molar-refractivity contribution in [1.29, 1.82) is 0 Å². The van der Waals surface area contributed by atoms with Gasteiger partial charge in [0.05, 0.1) is 7.11 Å². The molecule has 0 aromatic heterocycles. The van der Waals surface area contributed by atoms with E-state index >= 15 is 0 Å². The molecule has 1 heterocycles. The molecule has 1 fully saturated rings. The lowest BCUT2D eigenvalue weighted by Gasteiger charge is -2.39. The largest absolute Gasteiger partial charge is 0.299 e. The molecule has 27 heavy (non-hydrogen) atoms. The molecular formula is C22H27ClN2O2. The average Bonchev–Trinajstić information content (AvgIpc) is 2.69. The molecule has 1 aliphatic rings. The summed E-state index contributed by atoms with van der Waals surface area (Å²) in [6, 6.07) is 18.4. The van der Waals surface area contributed by atoms with Gasteiger partial charge in [-0.2, -0.15) is 0 Å². The molecule has 144 valence electrons. The summed E-state index contributed by atoms with van der Waals surface area (Å²) in [5.41, 5.74) is 2.52. The van der Waals surface area contributed by atoms with Crippen LogP contribution in [0.25, 0.3) is 0 Å². The van der Waals surface area contributed by atoms with E-state index in [9.17, 15) is 4.79 Å². The van der Waals surface area contributed by atoms with Gasteiger partial charge in [-0.05, 0) is 48.6 Å². The highest BCUT2D eigenvalue weighted by Gasteiger charge is 2.35. The molecule has 0 spiro atoms. The zero-order valence-electron chi connectivity index (χ0n) is 16.0. The van der Waals surface area contributed by atoms with Crippen molar-refractivity contribution >= 4 is 17.5 Å². The lowest BCUT2D eigenvalue weighted by atomic mass is 9.80. The Morgan fingerprint density at radius 2 is 1.85 bits per heavy atom. The number of carbonyl (C=O) groups is 1. The summed E-state index contributed by atoms with van der Waals surface area (Å²) < 4.78 is 0. The van der Waals surface area contributed by atoms with Gasteiger partial charge in [-0.1, -0.05) is 54.1 Å². The predicted molar refractivity (Wildman–Crippen MR) is 108 cm³/mol. The van der Waals surface area contributed by atoms with Crippen LogP contribution >= 0.6 is 11.6 Å². The van der Waals surface area contributed by atoms with Crippen molar-refractivity contribution in [2.75, 3.05) is 27.2 Å². The van der Waals surface area contributed by atoms with Crippen LogP contribution in [0.4, 0.5) is 0 Å². The molecule has 0 saturated carbocycles. The number of hydrogen-bond donors (Lipinski definition) is 0. The van der Waals surface area contributed by atoms with Crippen molar-refractivity contribution in [1.82, 2.24) is 9.96 Å². The molecule has 1 unspecified atom stereocenters. The predicted octanol–water partition coefficient (Wildman–Crippen LogP) is 4.04. The number of likely N-dealkylation sites (tertiary alicyclic amines) is 1. The van der Waals surface area contributed by atoms with Gasteiger partial charge in [-0.3, -0.25) is 14.5 Å². The van der Waals surface area contributed by atoms with Gasteiger partial charge >= 0.3 is 0 Å². The van der Waals surface area contributed by atoms with Gasteiger partial charge in [0.15, 0.2) is 0 Å². The molecule has 3 rings (SSSR count). The summed E-state index contributed by atoms with van der Waals surface area (Å²) in [6.07, 6.45) is 1.70. The number of hydroxylamine groups is 2. The Bertz CT molecular complexity index is 736. The molecule has 5 heteroatoms. The third-order valence-corrected chi connectivity index (χ3v) is 5.63. The molecular weight excluding hydrogens is 360 g/mol. The standard InChI is InChI=1S/C22H27ClN2O2/c1-24(27-2)22(26)21-12-13-25(15-18-6-4-3-5-7-18)16-19(21)14-17-8-10-20(23)11-9-17/h3-11,19,21H,12-16H2,1-2H3/t19?,21-/m1/s1. The number of halogens is 1. The maximum Gasteiger partial charge on any atom is 0.249 e. The fourth-order valence-electron chi connectivity index (χ4n) is 3.87. The number of rotatable bonds is 6. The summed E-state index contributed by atoms with van der Waals surface area (Å²) in [4.78, 5) is 20.4. The Morgan fingerprint density at radius 3 is 2.52 bits per heavy atom. The van der Waals surface area contributed by atoms with E-state index < -0.39 is 0 Å². The minimum atomic E-state index is -0.0300. The number of carbonyl (C=O) groups excluding carboxylic acids is 1. The van der Waals surface area contributed by atoms with Crippen molar-refractivity contribution < 1.29 is 9.63 Å². The van der Waals surface area contributed by atoms with Gasteiger partial charge in [0.1, 0.15) is 0 Å². The Balaban J connectivity index is 1.74. The van der Waals surface area contributed by atoms with Gasteiger partial charge in [-0.25, -0.2) is 5.06 Å². The molecule has 0 bridgehead atoms. The lowest BCUT2D eigenvalue weighted by Crippen LogP contribution is -2.47. The molecule has 0 aliphatic carbocycles. The van der Waals surface area contributed by atoms with Gasteiger partial charge in [0.2, 0.25) is 5.91 Å². The van der Waals surface area contributed by atoms with E-state index in [1.54, 1.807) is 7.05 Å². The molecule has 1 aliphatic heterocycles. The van der Waals surface area contributed by atoms with Gasteiger partial charge in [0, 0.05) is 31.1 Å². The maximum atomic E-state index is 12.8. The molecule has 2 aromatic carbocycles. The zero-order chi connectivity index (χ0) is 19.2. The molecule has 0 N–H and O–H groups in total. The topological polar surface area (TPSA) is 32.8 Å². The normalized spacial score (nSPS) is 20.4. The van der Waals surface area contributed by atoms with E-state index in [0.717, 1.165) is 37.5 Å². The molecule has 0 radical (unpaired) electrons. The van der Waals surface area contributed by atoms with E-state index in [1.165, 1.54) is 23.3 Å². The Hall–Kier alpha value is -1.88. The minimum Gasteiger partial charge on any atom is -0.299 e. The van der Waals surface area contributed by atoms with E-state index in [2.05, 4.69) is 41.3 Å². The first kappa shape index (κ1) is 19.9. The van der Waals surface area contributed by atoms with Crippen molar-refractivity contribution in [3.8, 4) is 0 Å². The summed E-state index contributed by atoms with van der Waals surface area (Å²) in [5, 5.41) is 2.10. The number of piperidine rings is 1. The first-order valence-corrected chi connectivity index (χ1v) is 9.77. The van der Waals surface area contributed by atoms with Crippen LogP contribution in [0, 0.1) is 11.8 Å². The zero-order valence-corrected chi connectivity index (χ0v) is 16.7. The number of amides is 1. The van der Waals surface area contributed by atoms with Gasteiger partial charge < -0.3 is 0 Å². The highest BCUT2D eigenvalue weighted by Crippen LogP contribution is 2.30. The van der Waals surface area contributed by atoms with E-state index in [0.29, 0.717) is 0 Å². The molecule has 1 amide bonds. The smallest absolute Gasteiger partial charge is 0.249 e. The van der Waals surface area contributed by atoms with Crippen LogP contribution in [0.1, 0.15) is 17.5 Å². The summed E-state index contributed by atoms with van der Waals surface area (Å²) in [7, 11) is 3.23. The van der Waals surface area contributed by atoms with Crippen LogP contribution in [0.5, 0.6) is 0 Å². The molecule has 4 nitrogen and oxygen atoms in total. The summed E-state index contributed by atoms with van der Waals surface area (Å²) in [6.45, 7) is 2.73. The van der Waals surface area contributed by atoms with Crippen LogP contribution in [-0.2, 0) is 22.6 Å². The lowest BCUT2D eigenvalue weighted by molar-refractivity contribution is -0.177. The Kier molecular flexibility index (Phi) is 6.89. The number of hydrogen-bond acceptors (Lipinski definition) is 3. The minimum absolute atomic E-state index is 0.0300. The quantitative estimate of drug-likeness (QED) is 0.702. The average molecular weight is 387 g/mol. The second-order valence-corrected chi connectivity index (χ2v) is 7.66. The van der Waals surface area contributed by atoms with Crippen LogP contribution < -0.4 is 0 Å².